The van der Waals surface area contributed by atoms with Crippen LogP contribution in [-0.2, 0) is 13.5 Å². The molecule has 0 aliphatic rings. The van der Waals surface area contributed by atoms with E-state index in [4.69, 9.17) is 5.84 Å². The van der Waals surface area contributed by atoms with Crippen molar-refractivity contribution in [2.45, 2.75) is 18.9 Å². The summed E-state index contributed by atoms with van der Waals surface area (Å²) in [5, 5.41) is 0. The van der Waals surface area contributed by atoms with E-state index in [1.165, 1.54) is 12.1 Å². The number of rotatable bonds is 5. The first-order chi connectivity index (χ1) is 9.11. The Kier molecular flexibility index (Phi) is 4.68. The average Bonchev–Trinajstić information content (AvgIpc) is 2.78. The maximum Gasteiger partial charge on any atom is 0.124 e. The third-order valence-electron chi connectivity index (χ3n) is 3.12. The number of nitrogens with zero attached hydrogens (tertiary/aromatic N) is 2. The van der Waals surface area contributed by atoms with Gasteiger partial charge in [-0.25, -0.2) is 9.37 Å². The Morgan fingerprint density at radius 2 is 2.32 bits per heavy atom. The van der Waals surface area contributed by atoms with Crippen LogP contribution < -0.4 is 11.3 Å². The molecule has 0 saturated carbocycles. The molecule has 0 radical (unpaired) electrons. The Hall–Kier alpha value is -1.24. The van der Waals surface area contributed by atoms with Gasteiger partial charge in [0.25, 0.3) is 0 Å². The number of nitrogens with two attached hydrogens (primary N) is 1. The summed E-state index contributed by atoms with van der Waals surface area (Å²) >= 11 is 3.37. The fourth-order valence-electron chi connectivity index (χ4n) is 2.02. The molecule has 19 heavy (non-hydrogen) atoms. The van der Waals surface area contributed by atoms with Crippen LogP contribution >= 0.6 is 15.9 Å². The van der Waals surface area contributed by atoms with Crippen molar-refractivity contribution in [2.24, 2.45) is 12.9 Å². The van der Waals surface area contributed by atoms with E-state index in [2.05, 4.69) is 26.3 Å². The molecule has 1 heterocycles. The highest BCUT2D eigenvalue weighted by Crippen LogP contribution is 2.26. The van der Waals surface area contributed by atoms with Crippen LogP contribution in [0.1, 0.15) is 23.9 Å². The Labute approximate surface area is 119 Å². The number of halogens is 2. The van der Waals surface area contributed by atoms with Crippen LogP contribution in [0, 0.1) is 5.82 Å². The minimum absolute atomic E-state index is 0.0494. The third kappa shape index (κ3) is 3.40. The summed E-state index contributed by atoms with van der Waals surface area (Å²) in [4.78, 5) is 4.27. The highest BCUT2D eigenvalue weighted by atomic mass is 79.9. The maximum absolute atomic E-state index is 13.1. The van der Waals surface area contributed by atoms with Gasteiger partial charge in [0, 0.05) is 36.4 Å². The molecule has 2 rings (SSSR count). The van der Waals surface area contributed by atoms with Gasteiger partial charge in [-0.1, -0.05) is 22.0 Å². The lowest BCUT2D eigenvalue weighted by Crippen LogP contribution is -2.29. The molecule has 0 bridgehead atoms. The smallest absolute Gasteiger partial charge is 0.124 e. The van der Waals surface area contributed by atoms with Crippen LogP contribution in [0.25, 0.3) is 0 Å². The number of nitrogens with one attached hydrogen (secondary N) is 1. The average molecular weight is 327 g/mol. The van der Waals surface area contributed by atoms with Gasteiger partial charge >= 0.3 is 0 Å². The minimum Gasteiger partial charge on any atom is -0.338 e. The molecule has 0 amide bonds. The minimum atomic E-state index is -0.268. The van der Waals surface area contributed by atoms with Gasteiger partial charge in [0.2, 0.25) is 0 Å². The highest BCUT2D eigenvalue weighted by Gasteiger charge is 2.14. The van der Waals surface area contributed by atoms with E-state index in [1.807, 2.05) is 17.8 Å². The highest BCUT2D eigenvalue weighted by molar-refractivity contribution is 9.10. The largest absolute Gasteiger partial charge is 0.338 e. The number of hydrogen-bond donors (Lipinski definition) is 2. The molecule has 0 saturated heterocycles. The monoisotopic (exact) mass is 326 g/mol. The molecule has 4 nitrogen and oxygen atoms in total. The van der Waals surface area contributed by atoms with E-state index >= 15 is 0 Å². The fraction of sp³-hybridized carbons (Fsp3) is 0.308. The van der Waals surface area contributed by atoms with Gasteiger partial charge in [-0.15, -0.1) is 0 Å². The van der Waals surface area contributed by atoms with Crippen molar-refractivity contribution in [3.8, 4) is 0 Å². The van der Waals surface area contributed by atoms with Crippen molar-refractivity contribution in [2.75, 3.05) is 0 Å². The number of imidazole rings is 1. The number of aromatic nitrogens is 2. The van der Waals surface area contributed by atoms with Crippen molar-refractivity contribution >= 4 is 15.9 Å². The van der Waals surface area contributed by atoms with Crippen LogP contribution in [0.5, 0.6) is 0 Å². The predicted octanol–water partition coefficient (Wildman–Crippen LogP) is 2.46. The van der Waals surface area contributed by atoms with Gasteiger partial charge in [-0.3, -0.25) is 11.3 Å². The Balaban J connectivity index is 2.10. The Morgan fingerprint density at radius 3 is 2.89 bits per heavy atom. The van der Waals surface area contributed by atoms with Crippen molar-refractivity contribution in [3.05, 3.63) is 52.3 Å². The van der Waals surface area contributed by atoms with E-state index in [-0.39, 0.29) is 11.9 Å². The number of hydrogen-bond acceptors (Lipinski definition) is 3. The van der Waals surface area contributed by atoms with Gasteiger partial charge in [-0.2, -0.15) is 0 Å². The second-order valence-corrected chi connectivity index (χ2v) is 5.23. The van der Waals surface area contributed by atoms with Gasteiger partial charge < -0.3 is 4.57 Å². The standard InChI is InChI=1S/C13H16BrFN4/c1-19-7-6-17-13(19)5-4-12(18-16)10-3-2-9(15)8-11(10)14/h2-3,6-8,12,18H,4-5,16H2,1H3. The van der Waals surface area contributed by atoms with Gasteiger partial charge in [-0.05, 0) is 24.1 Å². The number of aryl methyl sites for hydroxylation is 2. The number of benzene rings is 1. The van der Waals surface area contributed by atoms with Gasteiger partial charge in [0.05, 0.1) is 0 Å². The lowest BCUT2D eigenvalue weighted by Gasteiger charge is -2.17. The van der Waals surface area contributed by atoms with Crippen molar-refractivity contribution in [1.29, 1.82) is 0 Å². The van der Waals surface area contributed by atoms with Crippen LogP contribution in [0.4, 0.5) is 4.39 Å². The zero-order chi connectivity index (χ0) is 13.8. The van der Waals surface area contributed by atoms with Crippen molar-refractivity contribution in [1.82, 2.24) is 15.0 Å². The fourth-order valence-corrected chi connectivity index (χ4v) is 2.65. The van der Waals surface area contributed by atoms with Gasteiger partial charge in [0.15, 0.2) is 0 Å². The Morgan fingerprint density at radius 1 is 1.53 bits per heavy atom. The normalized spacial score (nSPS) is 12.6. The van der Waals surface area contributed by atoms with E-state index in [0.29, 0.717) is 0 Å². The second kappa shape index (κ2) is 6.27. The molecule has 3 N–H and O–H groups in total. The lowest BCUT2D eigenvalue weighted by molar-refractivity contribution is 0.503. The lowest BCUT2D eigenvalue weighted by atomic mass is 10.0. The zero-order valence-electron chi connectivity index (χ0n) is 10.6. The van der Waals surface area contributed by atoms with E-state index in [1.54, 1.807) is 12.3 Å². The Bertz CT molecular complexity index is 555. The summed E-state index contributed by atoms with van der Waals surface area (Å²) in [5.41, 5.74) is 3.71. The van der Waals surface area contributed by atoms with E-state index in [9.17, 15) is 4.39 Å². The summed E-state index contributed by atoms with van der Waals surface area (Å²) in [6.45, 7) is 0. The molecule has 1 aromatic heterocycles. The second-order valence-electron chi connectivity index (χ2n) is 4.38. The van der Waals surface area contributed by atoms with Crippen molar-refractivity contribution < 1.29 is 4.39 Å². The summed E-state index contributed by atoms with van der Waals surface area (Å²) in [6.07, 6.45) is 5.26. The summed E-state index contributed by atoms with van der Waals surface area (Å²) in [6, 6.07) is 4.57. The molecule has 0 fully saturated rings. The summed E-state index contributed by atoms with van der Waals surface area (Å²) < 4.78 is 15.8. The van der Waals surface area contributed by atoms with Crippen LogP contribution in [0.3, 0.4) is 0 Å². The van der Waals surface area contributed by atoms with Crippen LogP contribution in [0.2, 0.25) is 0 Å². The number of hydrazine groups is 1. The quantitative estimate of drug-likeness (QED) is 0.655. The third-order valence-corrected chi connectivity index (χ3v) is 3.80. The predicted molar refractivity (Wildman–Crippen MR) is 75.7 cm³/mol. The van der Waals surface area contributed by atoms with E-state index in [0.717, 1.165) is 28.7 Å². The topological polar surface area (TPSA) is 55.9 Å². The molecule has 1 unspecified atom stereocenters. The summed E-state index contributed by atoms with van der Waals surface area (Å²) in [7, 11) is 1.96. The van der Waals surface area contributed by atoms with Crippen molar-refractivity contribution in [3.63, 3.8) is 0 Å². The first-order valence-electron chi connectivity index (χ1n) is 5.99. The molecular formula is C13H16BrFN4. The molecule has 0 aliphatic carbocycles. The molecule has 2 aromatic rings. The van der Waals surface area contributed by atoms with Gasteiger partial charge in [0.1, 0.15) is 11.6 Å². The molecule has 6 heteroatoms. The van der Waals surface area contributed by atoms with Crippen LogP contribution in [0.15, 0.2) is 35.1 Å². The zero-order valence-corrected chi connectivity index (χ0v) is 12.2. The first-order valence-corrected chi connectivity index (χ1v) is 6.78. The molecule has 102 valence electrons. The molecule has 1 atom stereocenters. The van der Waals surface area contributed by atoms with E-state index < -0.39 is 0 Å². The SMILES string of the molecule is Cn1ccnc1CCC(NN)c1ccc(F)cc1Br. The molecule has 1 aromatic carbocycles. The summed E-state index contributed by atoms with van der Waals surface area (Å²) in [5.74, 6) is 6.33. The molecular weight excluding hydrogens is 311 g/mol. The molecule has 0 aliphatic heterocycles. The first kappa shape index (κ1) is 14.2. The maximum atomic E-state index is 13.1. The van der Waals surface area contributed by atoms with Crippen LogP contribution in [-0.4, -0.2) is 9.55 Å². The molecule has 0 spiro atoms.